The van der Waals surface area contributed by atoms with Gasteiger partial charge in [0.2, 0.25) is 5.91 Å². The summed E-state index contributed by atoms with van der Waals surface area (Å²) in [5, 5.41) is 3.67. The van der Waals surface area contributed by atoms with Gasteiger partial charge in [-0.3, -0.25) is 4.79 Å². The number of hydrogen-bond donors (Lipinski definition) is 1. The Hall–Kier alpha value is -1.10. The van der Waals surface area contributed by atoms with Crippen molar-refractivity contribution in [1.82, 2.24) is 15.3 Å². The second kappa shape index (κ2) is 6.89. The summed E-state index contributed by atoms with van der Waals surface area (Å²) in [7, 11) is 0. The van der Waals surface area contributed by atoms with Crippen molar-refractivity contribution in [3.05, 3.63) is 18.5 Å². The van der Waals surface area contributed by atoms with Gasteiger partial charge in [-0.1, -0.05) is 31.5 Å². The van der Waals surface area contributed by atoms with Crippen molar-refractivity contribution >= 4 is 17.7 Å². The van der Waals surface area contributed by atoms with Gasteiger partial charge in [0.25, 0.3) is 0 Å². The molecule has 1 aliphatic rings. The first-order chi connectivity index (χ1) is 9.16. The lowest BCUT2D eigenvalue weighted by atomic mass is 9.86. The molecule has 1 aromatic heterocycles. The lowest BCUT2D eigenvalue weighted by molar-refractivity contribution is -0.121. The van der Waals surface area contributed by atoms with Crippen LogP contribution in [-0.4, -0.2) is 27.2 Å². The summed E-state index contributed by atoms with van der Waals surface area (Å²) in [4.78, 5) is 20.4. The maximum absolute atomic E-state index is 12.2. The average Bonchev–Trinajstić information content (AvgIpc) is 2.42. The van der Waals surface area contributed by atoms with Crippen molar-refractivity contribution in [2.75, 3.05) is 0 Å². The monoisotopic (exact) mass is 279 g/mol. The number of nitrogens with one attached hydrogen (secondary N) is 1. The first-order valence-electron chi connectivity index (χ1n) is 6.91. The largest absolute Gasteiger partial charge is 0.352 e. The summed E-state index contributed by atoms with van der Waals surface area (Å²) in [6.07, 6.45) is 8.22. The van der Waals surface area contributed by atoms with E-state index in [1.54, 1.807) is 18.5 Å². The zero-order valence-electron chi connectivity index (χ0n) is 11.5. The van der Waals surface area contributed by atoms with E-state index in [-0.39, 0.29) is 11.2 Å². The Labute approximate surface area is 118 Å². The van der Waals surface area contributed by atoms with E-state index in [2.05, 4.69) is 22.2 Å². The van der Waals surface area contributed by atoms with Crippen LogP contribution in [-0.2, 0) is 4.79 Å². The highest BCUT2D eigenvalue weighted by Crippen LogP contribution is 2.25. The highest BCUT2D eigenvalue weighted by molar-refractivity contribution is 8.00. The number of thioether (sulfide) groups is 1. The Bertz CT molecular complexity index is 412. The van der Waals surface area contributed by atoms with Gasteiger partial charge in [-0.2, -0.15) is 0 Å². The molecule has 0 aromatic carbocycles. The first kappa shape index (κ1) is 14.3. The number of hydrogen-bond acceptors (Lipinski definition) is 4. The summed E-state index contributed by atoms with van der Waals surface area (Å²) in [6, 6.07) is 2.11. The zero-order valence-corrected chi connectivity index (χ0v) is 12.3. The number of carbonyl (C=O) groups is 1. The predicted molar refractivity (Wildman–Crippen MR) is 76.9 cm³/mol. The Morgan fingerprint density at radius 1 is 1.37 bits per heavy atom. The molecule has 1 saturated carbocycles. The van der Waals surface area contributed by atoms with Crippen LogP contribution in [0.1, 0.15) is 39.5 Å². The molecule has 3 atom stereocenters. The second-order valence-electron chi connectivity index (χ2n) is 5.17. The molecule has 2 rings (SSSR count). The minimum Gasteiger partial charge on any atom is -0.352 e. The molecule has 4 nitrogen and oxygen atoms in total. The van der Waals surface area contributed by atoms with Crippen molar-refractivity contribution in [3.8, 4) is 0 Å². The fourth-order valence-corrected chi connectivity index (χ4v) is 3.12. The maximum atomic E-state index is 12.2. The van der Waals surface area contributed by atoms with Gasteiger partial charge in [-0.05, 0) is 31.7 Å². The molecule has 104 valence electrons. The van der Waals surface area contributed by atoms with E-state index >= 15 is 0 Å². The number of carbonyl (C=O) groups excluding carboxylic acids is 1. The van der Waals surface area contributed by atoms with Crippen LogP contribution in [0.25, 0.3) is 0 Å². The molecule has 0 aliphatic heterocycles. The van der Waals surface area contributed by atoms with Gasteiger partial charge in [-0.15, -0.1) is 0 Å². The highest BCUT2D eigenvalue weighted by atomic mass is 32.2. The van der Waals surface area contributed by atoms with Crippen LogP contribution in [0, 0.1) is 5.92 Å². The fourth-order valence-electron chi connectivity index (χ4n) is 2.39. The van der Waals surface area contributed by atoms with E-state index in [0.717, 1.165) is 6.42 Å². The van der Waals surface area contributed by atoms with E-state index in [1.807, 2.05) is 6.92 Å². The topological polar surface area (TPSA) is 54.9 Å². The van der Waals surface area contributed by atoms with E-state index in [4.69, 9.17) is 0 Å². The summed E-state index contributed by atoms with van der Waals surface area (Å²) in [5.74, 6) is 0.680. The smallest absolute Gasteiger partial charge is 0.233 e. The Kier molecular flexibility index (Phi) is 5.19. The number of amides is 1. The van der Waals surface area contributed by atoms with Gasteiger partial charge in [-0.25, -0.2) is 9.97 Å². The van der Waals surface area contributed by atoms with Crippen LogP contribution in [0.15, 0.2) is 23.6 Å². The van der Waals surface area contributed by atoms with E-state index in [0.29, 0.717) is 17.1 Å². The van der Waals surface area contributed by atoms with Gasteiger partial charge in [0, 0.05) is 18.4 Å². The molecular weight excluding hydrogens is 258 g/mol. The Morgan fingerprint density at radius 3 is 2.74 bits per heavy atom. The summed E-state index contributed by atoms with van der Waals surface area (Å²) in [6.45, 7) is 4.13. The maximum Gasteiger partial charge on any atom is 0.233 e. The van der Waals surface area contributed by atoms with Gasteiger partial charge in [0.05, 0.1) is 5.25 Å². The molecule has 0 spiro atoms. The SMILES string of the molecule is CC(Sc1ncccn1)C(=O)NC1CCCCC1C. The van der Waals surface area contributed by atoms with E-state index in [1.165, 1.54) is 31.0 Å². The second-order valence-corrected chi connectivity index (χ2v) is 6.48. The van der Waals surface area contributed by atoms with Gasteiger partial charge >= 0.3 is 0 Å². The molecule has 0 radical (unpaired) electrons. The third-order valence-corrected chi connectivity index (χ3v) is 4.62. The van der Waals surface area contributed by atoms with Crippen LogP contribution in [0.2, 0.25) is 0 Å². The molecule has 1 amide bonds. The van der Waals surface area contributed by atoms with Crippen LogP contribution < -0.4 is 5.32 Å². The number of aromatic nitrogens is 2. The predicted octanol–water partition coefficient (Wildman–Crippen LogP) is 2.65. The molecule has 3 unspecified atom stereocenters. The minimum absolute atomic E-state index is 0.0937. The van der Waals surface area contributed by atoms with Gasteiger partial charge < -0.3 is 5.32 Å². The molecule has 1 fully saturated rings. The molecule has 1 heterocycles. The van der Waals surface area contributed by atoms with Gasteiger partial charge in [0.15, 0.2) is 5.16 Å². The highest BCUT2D eigenvalue weighted by Gasteiger charge is 2.25. The third kappa shape index (κ3) is 4.20. The molecule has 0 saturated heterocycles. The van der Waals surface area contributed by atoms with Crippen molar-refractivity contribution in [1.29, 1.82) is 0 Å². The van der Waals surface area contributed by atoms with Crippen molar-refractivity contribution in [2.24, 2.45) is 5.92 Å². The van der Waals surface area contributed by atoms with Crippen molar-refractivity contribution in [2.45, 2.75) is 56.0 Å². The van der Waals surface area contributed by atoms with Crippen molar-refractivity contribution < 1.29 is 4.79 Å². The summed E-state index contributed by atoms with van der Waals surface area (Å²) < 4.78 is 0. The normalized spacial score (nSPS) is 24.7. The molecule has 1 aliphatic carbocycles. The minimum atomic E-state index is -0.156. The Balaban J connectivity index is 1.85. The van der Waals surface area contributed by atoms with Crippen LogP contribution >= 0.6 is 11.8 Å². The molecule has 1 aromatic rings. The molecular formula is C14H21N3OS. The summed E-state index contributed by atoms with van der Waals surface area (Å²) in [5.41, 5.74) is 0. The molecule has 0 bridgehead atoms. The van der Waals surface area contributed by atoms with E-state index < -0.39 is 0 Å². The zero-order chi connectivity index (χ0) is 13.7. The molecule has 1 N–H and O–H groups in total. The van der Waals surface area contributed by atoms with Gasteiger partial charge in [0.1, 0.15) is 0 Å². The van der Waals surface area contributed by atoms with Crippen molar-refractivity contribution in [3.63, 3.8) is 0 Å². The van der Waals surface area contributed by atoms with Crippen LogP contribution in [0.5, 0.6) is 0 Å². The fraction of sp³-hybridized carbons (Fsp3) is 0.643. The third-order valence-electron chi connectivity index (χ3n) is 3.63. The lowest BCUT2D eigenvalue weighted by Crippen LogP contribution is -2.44. The lowest BCUT2D eigenvalue weighted by Gasteiger charge is -2.30. The quantitative estimate of drug-likeness (QED) is 0.680. The average molecular weight is 279 g/mol. The van der Waals surface area contributed by atoms with Crippen LogP contribution in [0.4, 0.5) is 0 Å². The standard InChI is InChI=1S/C14H21N3OS/c1-10-6-3-4-7-12(10)17-13(18)11(2)19-14-15-8-5-9-16-14/h5,8-12H,3-4,6-7H2,1-2H3,(H,17,18). The first-order valence-corrected chi connectivity index (χ1v) is 7.79. The summed E-state index contributed by atoms with van der Waals surface area (Å²) >= 11 is 1.41. The van der Waals surface area contributed by atoms with E-state index in [9.17, 15) is 4.79 Å². The van der Waals surface area contributed by atoms with Crippen LogP contribution in [0.3, 0.4) is 0 Å². The number of nitrogens with zero attached hydrogens (tertiary/aromatic N) is 2. The Morgan fingerprint density at radius 2 is 2.05 bits per heavy atom. The molecule has 5 heteroatoms. The molecule has 19 heavy (non-hydrogen) atoms. The number of rotatable bonds is 4.